The first-order chi connectivity index (χ1) is 11.7. The summed E-state index contributed by atoms with van der Waals surface area (Å²) in [5, 5.41) is 7.12. The van der Waals surface area contributed by atoms with E-state index in [1.165, 1.54) is 17.3 Å². The first kappa shape index (κ1) is 15.1. The Hall–Kier alpha value is -2.41. The van der Waals surface area contributed by atoms with Gasteiger partial charge in [-0.05, 0) is 6.07 Å². The lowest BCUT2D eigenvalue weighted by Crippen LogP contribution is -2.48. The highest BCUT2D eigenvalue weighted by Gasteiger charge is 2.42. The highest BCUT2D eigenvalue weighted by atomic mass is 16.5. The Bertz CT molecular complexity index is 710. The molecule has 0 bridgehead atoms. The van der Waals surface area contributed by atoms with Crippen molar-refractivity contribution in [3.8, 4) is 5.75 Å². The fraction of sp³-hybridized carbons (Fsp3) is 0.471. The number of hydrogen-bond donors (Lipinski definition) is 1. The summed E-state index contributed by atoms with van der Waals surface area (Å²) in [6.07, 6.45) is 5.41. The molecule has 3 heterocycles. The average molecular weight is 328 g/mol. The van der Waals surface area contributed by atoms with Gasteiger partial charge in [-0.25, -0.2) is 9.67 Å². The van der Waals surface area contributed by atoms with Gasteiger partial charge in [0, 0.05) is 24.8 Å². The van der Waals surface area contributed by atoms with E-state index >= 15 is 0 Å². The molecule has 1 atom stereocenters. The standard InChI is InChI=1S/C17H20N4O3/c22-16(10-21-12-18-11-19-21)20-14-9-17(5-7-23-8-6-17)24-15-4-2-1-3-13(14)15/h1-4,11-12,14H,5-10H2,(H,20,22)/t14-/m1/s1. The van der Waals surface area contributed by atoms with Gasteiger partial charge in [0.25, 0.3) is 0 Å². The topological polar surface area (TPSA) is 78.3 Å². The number of carbonyl (C=O) groups is 1. The maximum atomic E-state index is 12.4. The van der Waals surface area contributed by atoms with E-state index < -0.39 is 0 Å². The molecule has 0 unspecified atom stereocenters. The zero-order valence-corrected chi connectivity index (χ0v) is 13.4. The van der Waals surface area contributed by atoms with Crippen LogP contribution in [0, 0.1) is 0 Å². The van der Waals surface area contributed by atoms with E-state index in [-0.39, 0.29) is 24.1 Å². The highest BCUT2D eigenvalue weighted by Crippen LogP contribution is 2.43. The Morgan fingerprint density at radius 3 is 2.96 bits per heavy atom. The van der Waals surface area contributed by atoms with Crippen molar-refractivity contribution in [1.82, 2.24) is 20.1 Å². The molecule has 126 valence electrons. The molecule has 24 heavy (non-hydrogen) atoms. The predicted molar refractivity (Wildman–Crippen MR) is 85.4 cm³/mol. The van der Waals surface area contributed by atoms with Crippen LogP contribution in [-0.2, 0) is 16.1 Å². The van der Waals surface area contributed by atoms with E-state index in [1.54, 1.807) is 0 Å². The molecule has 0 radical (unpaired) electrons. The van der Waals surface area contributed by atoms with Crippen molar-refractivity contribution < 1.29 is 14.3 Å². The minimum absolute atomic E-state index is 0.0657. The number of nitrogens with zero attached hydrogens (tertiary/aromatic N) is 3. The largest absolute Gasteiger partial charge is 0.487 e. The van der Waals surface area contributed by atoms with Crippen LogP contribution in [0.15, 0.2) is 36.9 Å². The summed E-state index contributed by atoms with van der Waals surface area (Å²) in [5.74, 6) is 0.779. The Morgan fingerprint density at radius 2 is 2.17 bits per heavy atom. The van der Waals surface area contributed by atoms with Crippen LogP contribution in [0.2, 0.25) is 0 Å². The lowest BCUT2D eigenvalue weighted by molar-refractivity contribution is -0.123. The number of fused-ring (bicyclic) bond motifs is 1. The average Bonchev–Trinajstić information content (AvgIpc) is 3.08. The number of ether oxygens (including phenoxy) is 2. The van der Waals surface area contributed by atoms with Gasteiger partial charge < -0.3 is 14.8 Å². The lowest BCUT2D eigenvalue weighted by Gasteiger charge is -2.44. The molecule has 2 aromatic rings. The number of hydrogen-bond acceptors (Lipinski definition) is 5. The van der Waals surface area contributed by atoms with Gasteiger partial charge in [-0.2, -0.15) is 5.10 Å². The molecular formula is C17H20N4O3. The van der Waals surface area contributed by atoms with Crippen LogP contribution in [0.5, 0.6) is 5.75 Å². The molecule has 1 N–H and O–H groups in total. The summed E-state index contributed by atoms with van der Waals surface area (Å²) in [7, 11) is 0. The molecule has 1 amide bonds. The molecule has 0 saturated carbocycles. The highest BCUT2D eigenvalue weighted by molar-refractivity contribution is 5.76. The Morgan fingerprint density at radius 1 is 1.33 bits per heavy atom. The summed E-state index contributed by atoms with van der Waals surface area (Å²) in [5.41, 5.74) is 0.777. The van der Waals surface area contributed by atoms with Gasteiger partial charge in [-0.1, -0.05) is 18.2 Å². The van der Waals surface area contributed by atoms with Crippen LogP contribution < -0.4 is 10.1 Å². The molecule has 0 aliphatic carbocycles. The van der Waals surface area contributed by atoms with Gasteiger partial charge >= 0.3 is 0 Å². The second kappa shape index (κ2) is 6.24. The smallest absolute Gasteiger partial charge is 0.242 e. The van der Waals surface area contributed by atoms with E-state index in [2.05, 4.69) is 15.4 Å². The Balaban J connectivity index is 1.55. The number of aromatic nitrogens is 3. The van der Waals surface area contributed by atoms with Crippen LogP contribution in [0.25, 0.3) is 0 Å². The summed E-state index contributed by atoms with van der Waals surface area (Å²) in [6, 6.07) is 7.86. The molecule has 1 saturated heterocycles. The molecular weight excluding hydrogens is 308 g/mol. The third-order valence-electron chi connectivity index (χ3n) is 4.71. The van der Waals surface area contributed by atoms with E-state index in [4.69, 9.17) is 9.47 Å². The van der Waals surface area contributed by atoms with Gasteiger partial charge in [-0.3, -0.25) is 4.79 Å². The van der Waals surface area contributed by atoms with E-state index in [1.807, 2.05) is 24.3 Å². The normalized spacial score (nSPS) is 21.8. The van der Waals surface area contributed by atoms with Crippen molar-refractivity contribution in [2.24, 2.45) is 0 Å². The lowest BCUT2D eigenvalue weighted by atomic mass is 9.82. The van der Waals surface area contributed by atoms with Crippen LogP contribution in [0.4, 0.5) is 0 Å². The Kier molecular flexibility index (Phi) is 3.93. The van der Waals surface area contributed by atoms with Gasteiger partial charge in [0.15, 0.2) is 0 Å². The van der Waals surface area contributed by atoms with Gasteiger partial charge in [0.1, 0.15) is 30.5 Å². The minimum atomic E-state index is -0.252. The zero-order chi connectivity index (χ0) is 16.4. The number of benzene rings is 1. The van der Waals surface area contributed by atoms with E-state index in [0.29, 0.717) is 13.2 Å². The fourth-order valence-corrected chi connectivity index (χ4v) is 3.50. The number of carbonyl (C=O) groups excluding carboxylic acids is 1. The maximum absolute atomic E-state index is 12.4. The number of rotatable bonds is 3. The molecule has 1 fully saturated rings. The molecule has 7 nitrogen and oxygen atoms in total. The van der Waals surface area contributed by atoms with E-state index in [9.17, 15) is 4.79 Å². The van der Waals surface area contributed by atoms with Crippen molar-refractivity contribution in [3.05, 3.63) is 42.5 Å². The number of amides is 1. The van der Waals surface area contributed by atoms with Crippen LogP contribution in [-0.4, -0.2) is 39.5 Å². The van der Waals surface area contributed by atoms with Crippen LogP contribution >= 0.6 is 0 Å². The summed E-state index contributed by atoms with van der Waals surface area (Å²) >= 11 is 0. The van der Waals surface area contributed by atoms with Gasteiger partial charge in [0.05, 0.1) is 19.3 Å². The second-order valence-electron chi connectivity index (χ2n) is 6.35. The van der Waals surface area contributed by atoms with Crippen molar-refractivity contribution in [1.29, 1.82) is 0 Å². The van der Waals surface area contributed by atoms with Crippen molar-refractivity contribution in [2.75, 3.05) is 13.2 Å². The second-order valence-corrected chi connectivity index (χ2v) is 6.35. The SMILES string of the molecule is O=C(Cn1cncn1)N[C@@H]1CC2(CCOCC2)Oc2ccccc21. The van der Waals surface area contributed by atoms with Crippen LogP contribution in [0.1, 0.15) is 30.9 Å². The number of para-hydroxylation sites is 1. The van der Waals surface area contributed by atoms with Crippen molar-refractivity contribution >= 4 is 5.91 Å². The quantitative estimate of drug-likeness (QED) is 0.923. The molecule has 1 spiro atoms. The summed E-state index contributed by atoms with van der Waals surface area (Å²) in [4.78, 5) is 16.3. The van der Waals surface area contributed by atoms with Crippen molar-refractivity contribution in [3.63, 3.8) is 0 Å². The van der Waals surface area contributed by atoms with Gasteiger partial charge in [0.2, 0.25) is 5.91 Å². The van der Waals surface area contributed by atoms with Gasteiger partial charge in [-0.15, -0.1) is 0 Å². The third kappa shape index (κ3) is 2.99. The predicted octanol–water partition coefficient (Wildman–Crippen LogP) is 1.47. The summed E-state index contributed by atoms with van der Waals surface area (Å²) in [6.45, 7) is 1.55. The molecule has 7 heteroatoms. The van der Waals surface area contributed by atoms with Crippen molar-refractivity contribution in [2.45, 2.75) is 37.5 Å². The van der Waals surface area contributed by atoms with E-state index in [0.717, 1.165) is 30.6 Å². The fourth-order valence-electron chi connectivity index (χ4n) is 3.50. The first-order valence-electron chi connectivity index (χ1n) is 8.22. The van der Waals surface area contributed by atoms with Crippen LogP contribution in [0.3, 0.4) is 0 Å². The molecule has 2 aliphatic heterocycles. The minimum Gasteiger partial charge on any atom is -0.487 e. The number of nitrogens with one attached hydrogen (secondary N) is 1. The zero-order valence-electron chi connectivity index (χ0n) is 13.4. The monoisotopic (exact) mass is 328 g/mol. The molecule has 2 aliphatic rings. The first-order valence-corrected chi connectivity index (χ1v) is 8.22. The third-order valence-corrected chi connectivity index (χ3v) is 4.71. The maximum Gasteiger partial charge on any atom is 0.242 e. The molecule has 4 rings (SSSR count). The summed E-state index contributed by atoms with van der Waals surface area (Å²) < 4.78 is 13.3. The molecule has 1 aromatic heterocycles. The molecule has 1 aromatic carbocycles. The Labute approximate surface area is 140 Å².